The van der Waals surface area contributed by atoms with Gasteiger partial charge in [-0.05, 0) is 18.2 Å². The van der Waals surface area contributed by atoms with Crippen molar-refractivity contribution < 1.29 is 19.1 Å². The highest BCUT2D eigenvalue weighted by atomic mass is 79.9. The lowest BCUT2D eigenvalue weighted by Gasteiger charge is -2.10. The lowest BCUT2D eigenvalue weighted by atomic mass is 10.2. The van der Waals surface area contributed by atoms with E-state index in [1.807, 2.05) is 24.3 Å². The predicted molar refractivity (Wildman–Crippen MR) is 84.4 cm³/mol. The zero-order valence-corrected chi connectivity index (χ0v) is 13.2. The van der Waals surface area contributed by atoms with Crippen molar-refractivity contribution in [2.45, 2.75) is 6.61 Å². The molecule has 22 heavy (non-hydrogen) atoms. The molecule has 0 radical (unpaired) electrons. The minimum Gasteiger partial charge on any atom is -0.483 e. The smallest absolute Gasteiger partial charge is 0.342 e. The maximum atomic E-state index is 12.2. The van der Waals surface area contributed by atoms with Crippen LogP contribution in [0.4, 0.5) is 0 Å². The first-order valence-corrected chi connectivity index (χ1v) is 7.28. The van der Waals surface area contributed by atoms with Crippen molar-refractivity contribution in [2.24, 2.45) is 5.73 Å². The van der Waals surface area contributed by atoms with E-state index >= 15 is 0 Å². The molecule has 0 aliphatic heterocycles. The van der Waals surface area contributed by atoms with Gasteiger partial charge >= 0.3 is 5.97 Å². The van der Waals surface area contributed by atoms with E-state index in [0.717, 1.165) is 10.0 Å². The Bertz CT molecular complexity index is 687. The van der Waals surface area contributed by atoms with Crippen molar-refractivity contribution in [1.29, 1.82) is 0 Å². The number of carbonyl (C=O) groups excluding carboxylic acids is 2. The highest BCUT2D eigenvalue weighted by molar-refractivity contribution is 9.10. The van der Waals surface area contributed by atoms with Gasteiger partial charge in [0.25, 0.3) is 5.91 Å². The molecular weight excluding hydrogens is 350 g/mol. The number of hydrogen-bond donors (Lipinski definition) is 1. The molecule has 0 unspecified atom stereocenters. The van der Waals surface area contributed by atoms with E-state index in [1.54, 1.807) is 24.3 Å². The van der Waals surface area contributed by atoms with Gasteiger partial charge in [0, 0.05) is 10.0 Å². The van der Waals surface area contributed by atoms with Crippen LogP contribution in [0.25, 0.3) is 0 Å². The predicted octanol–water partition coefficient (Wildman–Crippen LogP) is 2.67. The number of para-hydroxylation sites is 1. The molecule has 0 saturated heterocycles. The number of ether oxygens (including phenoxy) is 2. The molecule has 2 N–H and O–H groups in total. The molecule has 0 aliphatic carbocycles. The molecular formula is C16H14BrNO4. The number of rotatable bonds is 6. The Morgan fingerprint density at radius 3 is 2.45 bits per heavy atom. The Hall–Kier alpha value is -2.34. The molecule has 0 spiro atoms. The zero-order valence-electron chi connectivity index (χ0n) is 11.6. The van der Waals surface area contributed by atoms with Crippen LogP contribution in [0.3, 0.4) is 0 Å². The third-order valence-corrected chi connectivity index (χ3v) is 3.57. The van der Waals surface area contributed by atoms with Gasteiger partial charge < -0.3 is 15.2 Å². The SMILES string of the molecule is NC(=O)COc1ccccc1C(=O)OCc1ccccc1Br. The van der Waals surface area contributed by atoms with E-state index in [0.29, 0.717) is 0 Å². The first kappa shape index (κ1) is 16.0. The lowest BCUT2D eigenvalue weighted by Crippen LogP contribution is -2.21. The number of carbonyl (C=O) groups is 2. The van der Waals surface area contributed by atoms with Crippen LogP contribution in [0, 0.1) is 0 Å². The standard InChI is InChI=1S/C16H14BrNO4/c17-13-7-3-1-5-11(13)9-22-16(20)12-6-2-4-8-14(12)21-10-15(18)19/h1-8H,9-10H2,(H2,18,19). The van der Waals surface area contributed by atoms with Crippen molar-refractivity contribution >= 4 is 27.8 Å². The topological polar surface area (TPSA) is 78.6 Å². The maximum absolute atomic E-state index is 12.2. The van der Waals surface area contributed by atoms with Gasteiger partial charge in [-0.2, -0.15) is 0 Å². The Labute approximate surface area is 136 Å². The second-order valence-corrected chi connectivity index (χ2v) is 5.27. The molecule has 6 heteroatoms. The molecule has 2 rings (SSSR count). The third-order valence-electron chi connectivity index (χ3n) is 2.79. The molecule has 1 amide bonds. The van der Waals surface area contributed by atoms with Crippen molar-refractivity contribution in [1.82, 2.24) is 0 Å². The van der Waals surface area contributed by atoms with Gasteiger partial charge in [0.2, 0.25) is 0 Å². The van der Waals surface area contributed by atoms with E-state index in [4.69, 9.17) is 15.2 Å². The highest BCUT2D eigenvalue weighted by Crippen LogP contribution is 2.21. The minimum absolute atomic E-state index is 0.129. The zero-order chi connectivity index (χ0) is 15.9. The fraction of sp³-hybridized carbons (Fsp3) is 0.125. The molecule has 0 atom stereocenters. The Kier molecular flexibility index (Phi) is 5.55. The van der Waals surface area contributed by atoms with Crippen LogP contribution in [-0.4, -0.2) is 18.5 Å². The Morgan fingerprint density at radius 2 is 1.73 bits per heavy atom. The normalized spacial score (nSPS) is 10.0. The summed E-state index contributed by atoms with van der Waals surface area (Å²) < 4.78 is 11.4. The van der Waals surface area contributed by atoms with E-state index in [1.165, 1.54) is 0 Å². The number of halogens is 1. The minimum atomic E-state index is -0.614. The molecule has 0 aromatic heterocycles. The van der Waals surface area contributed by atoms with E-state index < -0.39 is 11.9 Å². The van der Waals surface area contributed by atoms with Crippen LogP contribution in [0.15, 0.2) is 53.0 Å². The van der Waals surface area contributed by atoms with Crippen molar-refractivity contribution in [3.05, 3.63) is 64.1 Å². The summed E-state index contributed by atoms with van der Waals surface area (Å²) in [6, 6.07) is 14.0. The van der Waals surface area contributed by atoms with Crippen LogP contribution in [-0.2, 0) is 16.1 Å². The second kappa shape index (κ2) is 7.61. The van der Waals surface area contributed by atoms with Gasteiger partial charge in [-0.1, -0.05) is 46.3 Å². The van der Waals surface area contributed by atoms with Crippen molar-refractivity contribution in [2.75, 3.05) is 6.61 Å². The molecule has 0 bridgehead atoms. The van der Waals surface area contributed by atoms with Crippen LogP contribution in [0.5, 0.6) is 5.75 Å². The van der Waals surface area contributed by atoms with Gasteiger partial charge in [0.05, 0.1) is 0 Å². The van der Waals surface area contributed by atoms with Crippen LogP contribution < -0.4 is 10.5 Å². The van der Waals surface area contributed by atoms with Crippen molar-refractivity contribution in [3.63, 3.8) is 0 Å². The maximum Gasteiger partial charge on any atom is 0.342 e. The van der Waals surface area contributed by atoms with Crippen molar-refractivity contribution in [3.8, 4) is 5.75 Å². The summed E-state index contributed by atoms with van der Waals surface area (Å²) in [4.78, 5) is 22.9. The van der Waals surface area contributed by atoms with Gasteiger partial charge in [-0.25, -0.2) is 4.79 Å². The summed E-state index contributed by atoms with van der Waals surface area (Å²) >= 11 is 3.39. The van der Waals surface area contributed by atoms with Crippen LogP contribution >= 0.6 is 15.9 Å². The summed E-state index contributed by atoms with van der Waals surface area (Å²) in [7, 11) is 0. The highest BCUT2D eigenvalue weighted by Gasteiger charge is 2.14. The Morgan fingerprint density at radius 1 is 1.05 bits per heavy atom. The first-order valence-electron chi connectivity index (χ1n) is 6.48. The van der Waals surface area contributed by atoms with Crippen LogP contribution in [0.1, 0.15) is 15.9 Å². The molecule has 0 saturated carbocycles. The van der Waals surface area contributed by atoms with E-state index in [9.17, 15) is 9.59 Å². The molecule has 2 aromatic rings. The fourth-order valence-corrected chi connectivity index (χ4v) is 2.15. The van der Waals surface area contributed by atoms with E-state index in [-0.39, 0.29) is 24.5 Å². The number of esters is 1. The summed E-state index contributed by atoms with van der Waals surface area (Å²) in [5.74, 6) is -0.884. The summed E-state index contributed by atoms with van der Waals surface area (Å²) in [5, 5.41) is 0. The monoisotopic (exact) mass is 363 g/mol. The number of benzene rings is 2. The number of hydrogen-bond acceptors (Lipinski definition) is 4. The largest absolute Gasteiger partial charge is 0.483 e. The lowest BCUT2D eigenvalue weighted by molar-refractivity contribution is -0.119. The summed E-state index contributed by atoms with van der Waals surface area (Å²) in [5.41, 5.74) is 6.13. The molecule has 0 heterocycles. The number of nitrogens with two attached hydrogens (primary N) is 1. The molecule has 5 nitrogen and oxygen atoms in total. The van der Waals surface area contributed by atoms with E-state index in [2.05, 4.69) is 15.9 Å². The first-order chi connectivity index (χ1) is 10.6. The van der Waals surface area contributed by atoms with Gasteiger partial charge in [0.15, 0.2) is 6.61 Å². The molecule has 2 aromatic carbocycles. The number of amides is 1. The quantitative estimate of drug-likeness (QED) is 0.800. The van der Waals surface area contributed by atoms with Gasteiger partial charge in [0.1, 0.15) is 17.9 Å². The van der Waals surface area contributed by atoms with Gasteiger partial charge in [-0.3, -0.25) is 4.79 Å². The number of primary amides is 1. The second-order valence-electron chi connectivity index (χ2n) is 4.42. The third kappa shape index (κ3) is 4.33. The molecule has 114 valence electrons. The summed E-state index contributed by atoms with van der Waals surface area (Å²) in [6.45, 7) is -0.168. The summed E-state index contributed by atoms with van der Waals surface area (Å²) in [6.07, 6.45) is 0. The molecule has 0 fully saturated rings. The van der Waals surface area contributed by atoms with Gasteiger partial charge in [-0.15, -0.1) is 0 Å². The average Bonchev–Trinajstić information content (AvgIpc) is 2.52. The average molecular weight is 364 g/mol. The molecule has 0 aliphatic rings. The Balaban J connectivity index is 2.06. The fourth-order valence-electron chi connectivity index (χ4n) is 1.75. The van der Waals surface area contributed by atoms with Crippen LogP contribution in [0.2, 0.25) is 0 Å².